The summed E-state index contributed by atoms with van der Waals surface area (Å²) in [5.74, 6) is 0.692. The van der Waals surface area contributed by atoms with Crippen molar-refractivity contribution in [1.29, 1.82) is 0 Å². The SMILES string of the molecule is CCc1ccc(OCC(=O)NC(=S)Nc2cc([C@H](C)CC)ccc2O)cc1. The van der Waals surface area contributed by atoms with Crippen molar-refractivity contribution in [2.75, 3.05) is 11.9 Å². The quantitative estimate of drug-likeness (QED) is 0.487. The van der Waals surface area contributed by atoms with Gasteiger partial charge in [0.25, 0.3) is 5.91 Å². The Morgan fingerprint density at radius 2 is 1.89 bits per heavy atom. The first kappa shape index (κ1) is 20.7. The third-order valence-corrected chi connectivity index (χ3v) is 4.61. The molecule has 0 aliphatic rings. The molecule has 1 atom stereocenters. The number of aromatic hydroxyl groups is 1. The molecule has 27 heavy (non-hydrogen) atoms. The van der Waals surface area contributed by atoms with Gasteiger partial charge in [0.2, 0.25) is 0 Å². The number of carbonyl (C=O) groups is 1. The summed E-state index contributed by atoms with van der Waals surface area (Å²) in [5, 5.41) is 15.5. The van der Waals surface area contributed by atoms with E-state index in [0.717, 1.165) is 18.4 Å². The van der Waals surface area contributed by atoms with Crippen LogP contribution in [-0.4, -0.2) is 22.7 Å². The normalized spacial score (nSPS) is 11.5. The third-order valence-electron chi connectivity index (χ3n) is 4.40. The fraction of sp³-hybridized carbons (Fsp3) is 0.333. The number of amides is 1. The van der Waals surface area contributed by atoms with Gasteiger partial charge in [0, 0.05) is 0 Å². The van der Waals surface area contributed by atoms with Gasteiger partial charge in [0.15, 0.2) is 11.7 Å². The Kier molecular flexibility index (Phi) is 7.61. The van der Waals surface area contributed by atoms with Crippen molar-refractivity contribution in [1.82, 2.24) is 5.32 Å². The first-order valence-corrected chi connectivity index (χ1v) is 9.49. The Labute approximate surface area is 165 Å². The number of benzene rings is 2. The summed E-state index contributed by atoms with van der Waals surface area (Å²) in [7, 11) is 0. The van der Waals surface area contributed by atoms with Crippen molar-refractivity contribution >= 4 is 28.9 Å². The van der Waals surface area contributed by atoms with Gasteiger partial charge in [-0.3, -0.25) is 10.1 Å². The summed E-state index contributed by atoms with van der Waals surface area (Å²) in [6, 6.07) is 12.9. The van der Waals surface area contributed by atoms with Crippen molar-refractivity contribution in [3.63, 3.8) is 0 Å². The van der Waals surface area contributed by atoms with Gasteiger partial charge in [-0.15, -0.1) is 0 Å². The van der Waals surface area contributed by atoms with Crippen LogP contribution in [-0.2, 0) is 11.2 Å². The van der Waals surface area contributed by atoms with E-state index in [-0.39, 0.29) is 23.4 Å². The average Bonchev–Trinajstić information content (AvgIpc) is 2.67. The van der Waals surface area contributed by atoms with E-state index in [2.05, 4.69) is 31.4 Å². The van der Waals surface area contributed by atoms with Crippen LogP contribution in [0.2, 0.25) is 0 Å². The smallest absolute Gasteiger partial charge is 0.264 e. The largest absolute Gasteiger partial charge is 0.506 e. The highest BCUT2D eigenvalue weighted by Crippen LogP contribution is 2.29. The van der Waals surface area contributed by atoms with Gasteiger partial charge < -0.3 is 15.2 Å². The van der Waals surface area contributed by atoms with Crippen LogP contribution in [0.15, 0.2) is 42.5 Å². The number of hydrogen-bond acceptors (Lipinski definition) is 4. The Hall–Kier alpha value is -2.60. The lowest BCUT2D eigenvalue weighted by molar-refractivity contribution is -0.121. The topological polar surface area (TPSA) is 70.6 Å². The number of phenols is 1. The predicted molar refractivity (Wildman–Crippen MR) is 112 cm³/mol. The van der Waals surface area contributed by atoms with E-state index < -0.39 is 0 Å². The molecule has 144 valence electrons. The molecule has 0 aliphatic heterocycles. The molecule has 5 nitrogen and oxygen atoms in total. The predicted octanol–water partition coefficient (Wildman–Crippen LogP) is 4.36. The highest BCUT2D eigenvalue weighted by atomic mass is 32.1. The number of aryl methyl sites for hydroxylation is 1. The van der Waals surface area contributed by atoms with Crippen LogP contribution in [0.4, 0.5) is 5.69 Å². The molecule has 0 fully saturated rings. The van der Waals surface area contributed by atoms with Crippen molar-refractivity contribution in [2.24, 2.45) is 0 Å². The van der Waals surface area contributed by atoms with Gasteiger partial charge in [-0.1, -0.05) is 39.0 Å². The maximum Gasteiger partial charge on any atom is 0.264 e. The second-order valence-corrected chi connectivity index (χ2v) is 6.78. The molecular weight excluding hydrogens is 360 g/mol. The summed E-state index contributed by atoms with van der Waals surface area (Å²) in [6.07, 6.45) is 1.94. The van der Waals surface area contributed by atoms with Gasteiger partial charge in [-0.2, -0.15) is 0 Å². The molecule has 0 aliphatic carbocycles. The van der Waals surface area contributed by atoms with Gasteiger partial charge in [-0.05, 0) is 66.4 Å². The summed E-state index contributed by atoms with van der Waals surface area (Å²) in [4.78, 5) is 12.0. The number of ether oxygens (including phenoxy) is 1. The lowest BCUT2D eigenvalue weighted by Crippen LogP contribution is -2.37. The zero-order valence-electron chi connectivity index (χ0n) is 15.9. The molecule has 0 radical (unpaired) electrons. The molecule has 2 rings (SSSR count). The molecular formula is C21H26N2O3S. The minimum Gasteiger partial charge on any atom is -0.506 e. The molecule has 0 heterocycles. The Morgan fingerprint density at radius 1 is 1.19 bits per heavy atom. The monoisotopic (exact) mass is 386 g/mol. The highest BCUT2D eigenvalue weighted by Gasteiger charge is 2.11. The van der Waals surface area contributed by atoms with E-state index in [1.807, 2.05) is 36.4 Å². The molecule has 0 spiro atoms. The van der Waals surface area contributed by atoms with Crippen molar-refractivity contribution in [3.8, 4) is 11.5 Å². The minimum absolute atomic E-state index is 0.0749. The van der Waals surface area contributed by atoms with Gasteiger partial charge >= 0.3 is 0 Å². The molecule has 6 heteroatoms. The number of carbonyl (C=O) groups excluding carboxylic acids is 1. The fourth-order valence-corrected chi connectivity index (χ4v) is 2.71. The molecule has 2 aromatic carbocycles. The minimum atomic E-state index is -0.371. The number of hydrogen-bond donors (Lipinski definition) is 3. The summed E-state index contributed by atoms with van der Waals surface area (Å²) in [6.45, 7) is 6.14. The lowest BCUT2D eigenvalue weighted by atomic mass is 9.98. The second-order valence-electron chi connectivity index (χ2n) is 6.37. The van der Waals surface area contributed by atoms with E-state index in [1.165, 1.54) is 5.56 Å². The first-order valence-electron chi connectivity index (χ1n) is 9.08. The van der Waals surface area contributed by atoms with E-state index >= 15 is 0 Å². The fourth-order valence-electron chi connectivity index (χ4n) is 2.48. The van der Waals surface area contributed by atoms with E-state index in [4.69, 9.17) is 17.0 Å². The van der Waals surface area contributed by atoms with Crippen LogP contribution in [0.5, 0.6) is 11.5 Å². The zero-order valence-corrected chi connectivity index (χ0v) is 16.7. The van der Waals surface area contributed by atoms with Crippen molar-refractivity contribution in [2.45, 2.75) is 39.5 Å². The number of phenolic OH excluding ortho intramolecular Hbond substituents is 1. The van der Waals surface area contributed by atoms with Crippen LogP contribution in [0, 0.1) is 0 Å². The second kappa shape index (κ2) is 9.92. The van der Waals surface area contributed by atoms with E-state index in [1.54, 1.807) is 6.07 Å². The molecule has 0 saturated carbocycles. The zero-order chi connectivity index (χ0) is 19.8. The molecule has 2 aromatic rings. The molecule has 0 aromatic heterocycles. The summed E-state index contributed by atoms with van der Waals surface area (Å²) >= 11 is 5.16. The van der Waals surface area contributed by atoms with Crippen molar-refractivity contribution < 1.29 is 14.6 Å². The van der Waals surface area contributed by atoms with Gasteiger partial charge in [-0.25, -0.2) is 0 Å². The average molecular weight is 387 g/mol. The Morgan fingerprint density at radius 3 is 2.52 bits per heavy atom. The van der Waals surface area contributed by atoms with Crippen LogP contribution in [0.1, 0.15) is 44.2 Å². The van der Waals surface area contributed by atoms with Crippen molar-refractivity contribution in [3.05, 3.63) is 53.6 Å². The highest BCUT2D eigenvalue weighted by molar-refractivity contribution is 7.80. The Balaban J connectivity index is 1.88. The van der Waals surface area contributed by atoms with Gasteiger partial charge in [0.05, 0.1) is 5.69 Å². The van der Waals surface area contributed by atoms with E-state index in [0.29, 0.717) is 17.4 Å². The number of thiocarbonyl (C=S) groups is 1. The molecule has 0 saturated heterocycles. The molecule has 1 amide bonds. The molecule has 3 N–H and O–H groups in total. The lowest BCUT2D eigenvalue weighted by Gasteiger charge is -2.15. The Bertz CT molecular complexity index is 791. The van der Waals surface area contributed by atoms with E-state index in [9.17, 15) is 9.90 Å². The summed E-state index contributed by atoms with van der Waals surface area (Å²) in [5.41, 5.74) is 2.76. The number of rotatable bonds is 7. The third kappa shape index (κ3) is 6.25. The standard InChI is InChI=1S/C21H26N2O3S/c1-4-14(3)16-8-11-19(24)18(12-16)22-21(27)23-20(25)13-26-17-9-6-15(5-2)7-10-17/h6-12,14,24H,4-5,13H2,1-3H3,(H2,22,23,25,27)/t14-/m1/s1. The van der Waals surface area contributed by atoms with Crippen LogP contribution < -0.4 is 15.4 Å². The molecule has 0 bridgehead atoms. The van der Waals surface area contributed by atoms with Crippen LogP contribution >= 0.6 is 12.2 Å². The number of anilines is 1. The molecule has 0 unspecified atom stereocenters. The maximum absolute atomic E-state index is 12.0. The van der Waals surface area contributed by atoms with Crippen LogP contribution in [0.25, 0.3) is 0 Å². The maximum atomic E-state index is 12.0. The summed E-state index contributed by atoms with van der Waals surface area (Å²) < 4.78 is 5.46. The van der Waals surface area contributed by atoms with Gasteiger partial charge in [0.1, 0.15) is 11.5 Å². The van der Waals surface area contributed by atoms with Crippen LogP contribution in [0.3, 0.4) is 0 Å². The first-order chi connectivity index (χ1) is 12.9. The number of nitrogens with one attached hydrogen (secondary N) is 2.